The highest BCUT2D eigenvalue weighted by Crippen LogP contribution is 2.54. The van der Waals surface area contributed by atoms with E-state index in [1.807, 2.05) is 0 Å². The second-order valence-electron chi connectivity index (χ2n) is 10.2. The number of hydrogen-bond acceptors (Lipinski definition) is 4. The maximum atomic E-state index is 14.6. The van der Waals surface area contributed by atoms with Crippen LogP contribution in [-0.4, -0.2) is 55.9 Å². The Bertz CT molecular complexity index is 1320. The van der Waals surface area contributed by atoms with Crippen LogP contribution in [0, 0.1) is 11.7 Å². The number of halogens is 8. The van der Waals surface area contributed by atoms with E-state index in [4.69, 9.17) is 0 Å². The van der Waals surface area contributed by atoms with Crippen LogP contribution in [-0.2, 0) is 25.0 Å². The minimum atomic E-state index is -6.35. The van der Waals surface area contributed by atoms with Gasteiger partial charge in [-0.2, -0.15) is 26.3 Å². The molecule has 1 heterocycles. The molecule has 1 atom stereocenters. The number of hydrogen-bond donors (Lipinski definition) is 1. The number of alkyl halides is 7. The van der Waals surface area contributed by atoms with Gasteiger partial charge in [-0.25, -0.2) is 17.2 Å². The highest BCUT2D eigenvalue weighted by Gasteiger charge is 2.73. The van der Waals surface area contributed by atoms with Crippen LogP contribution in [0.4, 0.5) is 35.1 Å². The van der Waals surface area contributed by atoms with Crippen molar-refractivity contribution >= 4 is 15.7 Å². The fourth-order valence-electron chi connectivity index (χ4n) is 5.49. The molecule has 5 nitrogen and oxygen atoms in total. The van der Waals surface area contributed by atoms with Crippen LogP contribution in [0.15, 0.2) is 53.4 Å². The van der Waals surface area contributed by atoms with E-state index in [1.165, 1.54) is 4.90 Å². The Morgan fingerprint density at radius 2 is 1.38 bits per heavy atom. The zero-order valence-electron chi connectivity index (χ0n) is 20.8. The SMILES string of the molecule is O=C(C1CCC(O)CC1)N1CC[C@](c2ccc(C(F)(C(F)(F)F)C(F)(F)F)cc2)(S(=O)(=O)c2ccc(F)cc2)C1. The standard InChI is InChI=1S/C26H25F8NO4S/c27-19-7-11-21(12-8-19)40(38,39)23(13-14-35(15-23)22(37)16-1-9-20(36)10-2-16)17-3-5-18(6-4-17)24(28,25(29,30)31)26(32,33)34/h3-8,11-12,16,20,36H,1-2,9-10,13-15H2/t16?,20?,23-/m0/s1. The number of nitrogens with zero attached hydrogens (tertiary/aromatic N) is 1. The Morgan fingerprint density at radius 3 is 1.88 bits per heavy atom. The molecular formula is C26H25F8NO4S. The molecule has 0 aromatic heterocycles. The molecule has 2 aromatic carbocycles. The summed E-state index contributed by atoms with van der Waals surface area (Å²) >= 11 is 0. The van der Waals surface area contributed by atoms with Crippen molar-refractivity contribution in [1.29, 1.82) is 0 Å². The van der Waals surface area contributed by atoms with Gasteiger partial charge in [0.25, 0.3) is 0 Å². The molecule has 0 radical (unpaired) electrons. The van der Waals surface area contributed by atoms with E-state index < -0.39 is 68.5 Å². The van der Waals surface area contributed by atoms with Gasteiger partial charge in [0.05, 0.1) is 11.0 Å². The number of amides is 1. The van der Waals surface area contributed by atoms with Crippen molar-refractivity contribution in [3.63, 3.8) is 0 Å². The molecule has 0 unspecified atom stereocenters. The number of aliphatic hydroxyl groups is 1. The smallest absolute Gasteiger partial charge is 0.393 e. The molecular weight excluding hydrogens is 574 g/mol. The van der Waals surface area contributed by atoms with E-state index in [2.05, 4.69) is 0 Å². The Morgan fingerprint density at radius 1 is 0.850 bits per heavy atom. The van der Waals surface area contributed by atoms with Crippen LogP contribution in [0.2, 0.25) is 0 Å². The molecule has 1 amide bonds. The zero-order valence-corrected chi connectivity index (χ0v) is 21.6. The van der Waals surface area contributed by atoms with Crippen LogP contribution in [0.25, 0.3) is 0 Å². The Hall–Kier alpha value is -2.74. The van der Waals surface area contributed by atoms with Gasteiger partial charge in [0, 0.05) is 24.6 Å². The molecule has 2 fully saturated rings. The predicted molar refractivity (Wildman–Crippen MR) is 126 cm³/mol. The van der Waals surface area contributed by atoms with Crippen molar-refractivity contribution in [2.24, 2.45) is 5.92 Å². The summed E-state index contributed by atoms with van der Waals surface area (Å²) < 4.78 is 134. The lowest BCUT2D eigenvalue weighted by Crippen LogP contribution is -2.50. The second kappa shape index (κ2) is 10.3. The molecule has 0 bridgehead atoms. The minimum absolute atomic E-state index is 0.0990. The quantitative estimate of drug-likeness (QED) is 0.361. The number of sulfone groups is 1. The Kier molecular flexibility index (Phi) is 7.76. The molecule has 40 heavy (non-hydrogen) atoms. The van der Waals surface area contributed by atoms with Crippen LogP contribution < -0.4 is 0 Å². The summed E-state index contributed by atoms with van der Waals surface area (Å²) in [4.78, 5) is 14.1. The fourth-order valence-corrected chi connectivity index (χ4v) is 7.57. The van der Waals surface area contributed by atoms with Gasteiger partial charge in [0.2, 0.25) is 5.91 Å². The number of benzene rings is 2. The lowest BCUT2D eigenvalue weighted by Gasteiger charge is -2.33. The van der Waals surface area contributed by atoms with Gasteiger partial charge >= 0.3 is 18.0 Å². The molecule has 1 saturated heterocycles. The maximum Gasteiger partial charge on any atom is 0.435 e. The monoisotopic (exact) mass is 599 g/mol. The first-order valence-electron chi connectivity index (χ1n) is 12.3. The summed E-state index contributed by atoms with van der Waals surface area (Å²) in [5, 5.41) is 9.74. The Labute approximate surface area is 224 Å². The molecule has 1 saturated carbocycles. The Balaban J connectivity index is 1.78. The van der Waals surface area contributed by atoms with Crippen molar-refractivity contribution in [3.05, 3.63) is 65.5 Å². The summed E-state index contributed by atoms with van der Waals surface area (Å²) in [7, 11) is -4.52. The first-order valence-corrected chi connectivity index (χ1v) is 13.8. The van der Waals surface area contributed by atoms with Gasteiger partial charge in [0.1, 0.15) is 10.6 Å². The van der Waals surface area contributed by atoms with Gasteiger partial charge in [0.15, 0.2) is 9.84 Å². The summed E-state index contributed by atoms with van der Waals surface area (Å²) in [6.07, 6.45) is -12.1. The molecule has 1 aliphatic heterocycles. The molecule has 0 spiro atoms. The average Bonchev–Trinajstić information content (AvgIpc) is 3.35. The molecule has 1 N–H and O–H groups in total. The van der Waals surface area contributed by atoms with Crippen molar-refractivity contribution in [2.45, 2.75) is 65.9 Å². The normalized spacial score (nSPS) is 24.8. The molecule has 1 aliphatic carbocycles. The van der Waals surface area contributed by atoms with Gasteiger partial charge in [-0.15, -0.1) is 0 Å². The topological polar surface area (TPSA) is 74.7 Å². The first kappa shape index (κ1) is 30.2. The largest absolute Gasteiger partial charge is 0.435 e. The first-order chi connectivity index (χ1) is 18.4. The van der Waals surface area contributed by atoms with Gasteiger partial charge < -0.3 is 10.0 Å². The van der Waals surface area contributed by atoms with E-state index in [1.54, 1.807) is 0 Å². The predicted octanol–water partition coefficient (Wildman–Crippen LogP) is 5.57. The summed E-state index contributed by atoms with van der Waals surface area (Å²) in [6.45, 7) is -0.582. The third-order valence-electron chi connectivity index (χ3n) is 7.82. The maximum absolute atomic E-state index is 14.6. The van der Waals surface area contributed by atoms with Crippen molar-refractivity contribution in [1.82, 2.24) is 4.90 Å². The summed E-state index contributed by atoms with van der Waals surface area (Å²) in [6, 6.07) is 5.54. The van der Waals surface area contributed by atoms with Crippen LogP contribution >= 0.6 is 0 Å². The lowest BCUT2D eigenvalue weighted by molar-refractivity contribution is -0.348. The third-order valence-corrected chi connectivity index (χ3v) is 10.3. The van der Waals surface area contributed by atoms with Crippen molar-refractivity contribution in [3.8, 4) is 0 Å². The summed E-state index contributed by atoms with van der Waals surface area (Å²) in [5.74, 6) is -1.64. The van der Waals surface area contributed by atoms with E-state index in [-0.39, 0.29) is 35.6 Å². The minimum Gasteiger partial charge on any atom is -0.393 e. The van der Waals surface area contributed by atoms with Crippen molar-refractivity contribution in [2.75, 3.05) is 13.1 Å². The number of aliphatic hydroxyl groups excluding tert-OH is 1. The molecule has 14 heteroatoms. The van der Waals surface area contributed by atoms with Crippen LogP contribution in [0.3, 0.4) is 0 Å². The van der Waals surface area contributed by atoms with Gasteiger partial charge in [-0.05, 0) is 61.9 Å². The summed E-state index contributed by atoms with van der Waals surface area (Å²) in [5.41, 5.74) is -7.73. The van der Waals surface area contributed by atoms with E-state index >= 15 is 0 Å². The van der Waals surface area contributed by atoms with Crippen molar-refractivity contribution < 1.29 is 53.4 Å². The number of carbonyl (C=O) groups excluding carboxylic acids is 1. The highest BCUT2D eigenvalue weighted by molar-refractivity contribution is 7.92. The third kappa shape index (κ3) is 4.97. The van der Waals surface area contributed by atoms with Crippen LogP contribution in [0.5, 0.6) is 0 Å². The average molecular weight is 600 g/mol. The van der Waals surface area contributed by atoms with Crippen LogP contribution in [0.1, 0.15) is 43.2 Å². The zero-order chi connectivity index (χ0) is 29.7. The fraction of sp³-hybridized carbons (Fsp3) is 0.500. The van der Waals surface area contributed by atoms with E-state index in [0.717, 1.165) is 24.3 Å². The van der Waals surface area contributed by atoms with Gasteiger partial charge in [-0.1, -0.05) is 24.3 Å². The molecule has 2 aliphatic rings. The van der Waals surface area contributed by atoms with Gasteiger partial charge in [-0.3, -0.25) is 4.79 Å². The van der Waals surface area contributed by atoms with E-state index in [0.29, 0.717) is 37.8 Å². The number of carbonyl (C=O) groups is 1. The molecule has 4 rings (SSSR count). The molecule has 220 valence electrons. The number of likely N-dealkylation sites (tertiary alicyclic amines) is 1. The highest BCUT2D eigenvalue weighted by atomic mass is 32.2. The lowest BCUT2D eigenvalue weighted by atomic mass is 9.86. The number of rotatable bonds is 5. The second-order valence-corrected chi connectivity index (χ2v) is 12.5. The molecule has 2 aromatic rings. The van der Waals surface area contributed by atoms with E-state index in [9.17, 15) is 53.4 Å².